The van der Waals surface area contributed by atoms with Gasteiger partial charge in [0.25, 0.3) is 11.6 Å². The summed E-state index contributed by atoms with van der Waals surface area (Å²) < 4.78 is 10.3. The SMILES string of the molecule is CCOC(=O)c1sc(NC(=O)COc2ccc([N+](=O)[O-])c(C)c2)c(C#N)c1C. The fourth-order valence-corrected chi connectivity index (χ4v) is 3.43. The number of nitriles is 1. The molecule has 2 rings (SSSR count). The van der Waals surface area contributed by atoms with Gasteiger partial charge >= 0.3 is 5.97 Å². The molecule has 0 fully saturated rings. The Labute approximate surface area is 164 Å². The number of aryl methyl sites for hydroxylation is 1. The molecule has 0 aliphatic carbocycles. The van der Waals surface area contributed by atoms with E-state index in [4.69, 9.17) is 9.47 Å². The number of rotatable bonds is 7. The van der Waals surface area contributed by atoms with Crippen LogP contribution in [0.5, 0.6) is 5.75 Å². The van der Waals surface area contributed by atoms with Gasteiger partial charge in [0.2, 0.25) is 0 Å². The molecule has 28 heavy (non-hydrogen) atoms. The van der Waals surface area contributed by atoms with Crippen LogP contribution in [-0.4, -0.2) is 30.0 Å². The minimum absolute atomic E-state index is 0.0454. The first-order valence-electron chi connectivity index (χ1n) is 8.16. The van der Waals surface area contributed by atoms with Crippen LogP contribution in [0.15, 0.2) is 18.2 Å². The van der Waals surface area contributed by atoms with Crippen LogP contribution in [0.25, 0.3) is 0 Å². The fraction of sp³-hybridized carbons (Fsp3) is 0.278. The van der Waals surface area contributed by atoms with E-state index in [1.54, 1.807) is 20.8 Å². The molecule has 1 aromatic heterocycles. The maximum absolute atomic E-state index is 12.2. The largest absolute Gasteiger partial charge is 0.484 e. The quantitative estimate of drug-likeness (QED) is 0.426. The normalized spacial score (nSPS) is 10.1. The van der Waals surface area contributed by atoms with Crippen molar-refractivity contribution in [3.8, 4) is 11.8 Å². The lowest BCUT2D eigenvalue weighted by molar-refractivity contribution is -0.385. The van der Waals surface area contributed by atoms with Crippen molar-refractivity contribution in [3.05, 3.63) is 49.9 Å². The van der Waals surface area contributed by atoms with Gasteiger partial charge in [-0.25, -0.2) is 4.79 Å². The molecule has 0 saturated carbocycles. The Morgan fingerprint density at radius 1 is 1.36 bits per heavy atom. The number of hydrogen-bond acceptors (Lipinski definition) is 8. The lowest BCUT2D eigenvalue weighted by atomic mass is 10.2. The summed E-state index contributed by atoms with van der Waals surface area (Å²) in [5.74, 6) is -0.794. The summed E-state index contributed by atoms with van der Waals surface area (Å²) in [6.07, 6.45) is 0. The van der Waals surface area contributed by atoms with Crippen LogP contribution in [0.4, 0.5) is 10.7 Å². The zero-order valence-corrected chi connectivity index (χ0v) is 16.2. The van der Waals surface area contributed by atoms with Crippen LogP contribution in [0.3, 0.4) is 0 Å². The van der Waals surface area contributed by atoms with Crippen molar-refractivity contribution in [2.75, 3.05) is 18.5 Å². The van der Waals surface area contributed by atoms with E-state index in [0.717, 1.165) is 11.3 Å². The van der Waals surface area contributed by atoms with E-state index in [1.807, 2.05) is 6.07 Å². The number of nitrogens with zero attached hydrogens (tertiary/aromatic N) is 2. The predicted molar refractivity (Wildman–Crippen MR) is 102 cm³/mol. The molecule has 1 heterocycles. The molecule has 9 nitrogen and oxygen atoms in total. The molecule has 146 valence electrons. The molecule has 0 aliphatic rings. The van der Waals surface area contributed by atoms with Gasteiger partial charge in [-0.3, -0.25) is 14.9 Å². The number of carbonyl (C=O) groups excluding carboxylic acids is 2. The maximum atomic E-state index is 12.2. The number of hydrogen-bond donors (Lipinski definition) is 1. The molecular formula is C18H17N3O6S. The van der Waals surface area contributed by atoms with Crippen molar-refractivity contribution in [1.29, 1.82) is 5.26 Å². The second kappa shape index (κ2) is 8.96. The van der Waals surface area contributed by atoms with Crippen molar-refractivity contribution in [2.45, 2.75) is 20.8 Å². The minimum atomic E-state index is -0.556. The summed E-state index contributed by atoms with van der Waals surface area (Å²) >= 11 is 0.957. The molecule has 1 amide bonds. The van der Waals surface area contributed by atoms with Crippen LogP contribution in [0.2, 0.25) is 0 Å². The molecule has 0 radical (unpaired) electrons. The van der Waals surface area contributed by atoms with Gasteiger partial charge in [-0.2, -0.15) is 5.26 Å². The smallest absolute Gasteiger partial charge is 0.348 e. The van der Waals surface area contributed by atoms with Gasteiger partial charge in [0.1, 0.15) is 21.7 Å². The van der Waals surface area contributed by atoms with Gasteiger partial charge < -0.3 is 14.8 Å². The molecule has 2 aromatic rings. The van der Waals surface area contributed by atoms with Gasteiger partial charge in [-0.15, -0.1) is 11.3 Å². The molecule has 0 atom stereocenters. The van der Waals surface area contributed by atoms with E-state index in [2.05, 4.69) is 5.32 Å². The van der Waals surface area contributed by atoms with E-state index in [-0.39, 0.29) is 34.3 Å². The highest BCUT2D eigenvalue weighted by Gasteiger charge is 2.22. The first-order chi connectivity index (χ1) is 13.3. The molecular weight excluding hydrogens is 386 g/mol. The standard InChI is InChI=1S/C18H17N3O6S/c1-4-26-18(23)16-11(3)13(8-19)17(28-16)20-15(22)9-27-12-5-6-14(21(24)25)10(2)7-12/h5-7H,4,9H2,1-3H3,(H,20,22). The first kappa shape index (κ1) is 20.9. The number of anilines is 1. The number of nitrogens with one attached hydrogen (secondary N) is 1. The molecule has 1 aromatic carbocycles. The highest BCUT2D eigenvalue weighted by atomic mass is 32.1. The summed E-state index contributed by atoms with van der Waals surface area (Å²) in [6, 6.07) is 6.12. The average Bonchev–Trinajstić information content (AvgIpc) is 2.95. The second-order valence-electron chi connectivity index (χ2n) is 5.63. The number of nitro benzene ring substituents is 1. The van der Waals surface area contributed by atoms with E-state index < -0.39 is 16.8 Å². The molecule has 0 aliphatic heterocycles. The third kappa shape index (κ3) is 4.63. The van der Waals surface area contributed by atoms with Gasteiger partial charge in [0, 0.05) is 11.6 Å². The Balaban J connectivity index is 2.08. The van der Waals surface area contributed by atoms with Gasteiger partial charge in [-0.05, 0) is 38.5 Å². The highest BCUT2D eigenvalue weighted by molar-refractivity contribution is 7.18. The van der Waals surface area contributed by atoms with Gasteiger partial charge in [0.05, 0.1) is 17.1 Å². The van der Waals surface area contributed by atoms with E-state index in [0.29, 0.717) is 16.9 Å². The maximum Gasteiger partial charge on any atom is 0.348 e. The number of ether oxygens (including phenoxy) is 2. The van der Waals surface area contributed by atoms with E-state index >= 15 is 0 Å². The summed E-state index contributed by atoms with van der Waals surface area (Å²) in [4.78, 5) is 34.7. The zero-order chi connectivity index (χ0) is 20.8. The third-order valence-corrected chi connectivity index (χ3v) is 4.89. The van der Waals surface area contributed by atoms with Crippen LogP contribution >= 0.6 is 11.3 Å². The molecule has 0 unspecified atom stereocenters. The Morgan fingerprint density at radius 3 is 2.64 bits per heavy atom. The molecule has 0 saturated heterocycles. The Morgan fingerprint density at radius 2 is 2.07 bits per heavy atom. The van der Waals surface area contributed by atoms with Crippen molar-refractivity contribution in [3.63, 3.8) is 0 Å². The molecule has 0 spiro atoms. The van der Waals surface area contributed by atoms with E-state index in [9.17, 15) is 25.0 Å². The second-order valence-corrected chi connectivity index (χ2v) is 6.66. The Hall–Kier alpha value is -3.45. The summed E-state index contributed by atoms with van der Waals surface area (Å²) in [7, 11) is 0. The Kier molecular flexibility index (Phi) is 6.68. The van der Waals surface area contributed by atoms with Crippen LogP contribution in [0.1, 0.15) is 33.3 Å². The lowest BCUT2D eigenvalue weighted by Crippen LogP contribution is -2.20. The molecule has 1 N–H and O–H groups in total. The topological polar surface area (TPSA) is 132 Å². The third-order valence-electron chi connectivity index (χ3n) is 3.71. The summed E-state index contributed by atoms with van der Waals surface area (Å²) in [5.41, 5.74) is 0.986. The van der Waals surface area contributed by atoms with Crippen molar-refractivity contribution >= 4 is 33.9 Å². The number of amides is 1. The van der Waals surface area contributed by atoms with Gasteiger partial charge in [-0.1, -0.05) is 0 Å². The average molecular weight is 403 g/mol. The Bertz CT molecular complexity index is 976. The highest BCUT2D eigenvalue weighted by Crippen LogP contribution is 2.33. The molecule has 10 heteroatoms. The van der Waals surface area contributed by atoms with E-state index in [1.165, 1.54) is 18.2 Å². The van der Waals surface area contributed by atoms with Crippen LogP contribution < -0.4 is 10.1 Å². The lowest BCUT2D eigenvalue weighted by Gasteiger charge is -2.07. The number of nitro groups is 1. The summed E-state index contributed by atoms with van der Waals surface area (Å²) in [6.45, 7) is 4.67. The molecule has 0 bridgehead atoms. The van der Waals surface area contributed by atoms with Gasteiger partial charge in [0.15, 0.2) is 6.61 Å². The van der Waals surface area contributed by atoms with Crippen LogP contribution in [-0.2, 0) is 9.53 Å². The number of thiophene rings is 1. The summed E-state index contributed by atoms with van der Waals surface area (Å²) in [5, 5.41) is 22.9. The number of carbonyl (C=O) groups is 2. The zero-order valence-electron chi connectivity index (χ0n) is 15.4. The first-order valence-corrected chi connectivity index (χ1v) is 8.98. The number of esters is 1. The number of benzene rings is 1. The van der Waals surface area contributed by atoms with Crippen molar-refractivity contribution in [2.24, 2.45) is 0 Å². The minimum Gasteiger partial charge on any atom is -0.484 e. The van der Waals surface area contributed by atoms with Crippen molar-refractivity contribution < 1.29 is 24.0 Å². The predicted octanol–water partition coefficient (Wildman–Crippen LogP) is 3.34. The fourth-order valence-electron chi connectivity index (χ4n) is 2.36. The monoisotopic (exact) mass is 403 g/mol. The van der Waals surface area contributed by atoms with Crippen molar-refractivity contribution in [1.82, 2.24) is 0 Å². The van der Waals surface area contributed by atoms with Crippen LogP contribution in [0, 0.1) is 35.3 Å².